The van der Waals surface area contributed by atoms with Gasteiger partial charge in [0.15, 0.2) is 0 Å². The molecular weight excluding hydrogens is 224 g/mol. The zero-order valence-corrected chi connectivity index (χ0v) is 12.4. The maximum absolute atomic E-state index is 9.94. The van der Waals surface area contributed by atoms with Crippen LogP contribution in [0.4, 0.5) is 0 Å². The molecule has 2 saturated carbocycles. The molecule has 2 aliphatic rings. The van der Waals surface area contributed by atoms with Crippen LogP contribution >= 0.6 is 0 Å². The summed E-state index contributed by atoms with van der Waals surface area (Å²) in [7, 11) is 2.20. The van der Waals surface area contributed by atoms with Gasteiger partial charge in [-0.3, -0.25) is 0 Å². The van der Waals surface area contributed by atoms with E-state index in [4.69, 9.17) is 0 Å². The minimum Gasteiger partial charge on any atom is -0.394 e. The van der Waals surface area contributed by atoms with Crippen LogP contribution in [0.3, 0.4) is 0 Å². The van der Waals surface area contributed by atoms with Gasteiger partial charge in [0.25, 0.3) is 0 Å². The molecule has 0 heterocycles. The minimum absolute atomic E-state index is 0.0426. The maximum Gasteiger partial charge on any atom is 0.0628 e. The monoisotopic (exact) mass is 254 g/mol. The molecule has 0 bridgehead atoms. The summed E-state index contributed by atoms with van der Waals surface area (Å²) in [5, 5.41) is 13.7. The second kappa shape index (κ2) is 5.48. The van der Waals surface area contributed by atoms with E-state index in [1.807, 2.05) is 0 Å². The molecule has 2 atom stereocenters. The lowest BCUT2D eigenvalue weighted by Crippen LogP contribution is -2.59. The largest absolute Gasteiger partial charge is 0.394 e. The van der Waals surface area contributed by atoms with E-state index in [0.29, 0.717) is 23.9 Å². The summed E-state index contributed by atoms with van der Waals surface area (Å²) in [4.78, 5) is 2.43. The normalized spacial score (nSPS) is 25.5. The Bertz CT molecular complexity index is 274. The van der Waals surface area contributed by atoms with E-state index >= 15 is 0 Å². The number of aliphatic hydroxyl groups excluding tert-OH is 1. The summed E-state index contributed by atoms with van der Waals surface area (Å²) in [6.45, 7) is 8.09. The average molecular weight is 254 g/mol. The highest BCUT2D eigenvalue weighted by Gasteiger charge is 2.48. The van der Waals surface area contributed by atoms with Crippen LogP contribution in [-0.2, 0) is 0 Å². The zero-order valence-electron chi connectivity index (χ0n) is 12.4. The molecule has 2 fully saturated rings. The highest BCUT2D eigenvalue weighted by molar-refractivity contribution is 5.06. The van der Waals surface area contributed by atoms with Gasteiger partial charge >= 0.3 is 0 Å². The van der Waals surface area contributed by atoms with Crippen molar-refractivity contribution in [2.45, 2.75) is 64.1 Å². The molecule has 0 amide bonds. The zero-order chi connectivity index (χ0) is 13.3. The van der Waals surface area contributed by atoms with Crippen LogP contribution in [0.25, 0.3) is 0 Å². The second-order valence-electron chi connectivity index (χ2n) is 6.91. The lowest BCUT2D eigenvalue weighted by Gasteiger charge is -2.40. The van der Waals surface area contributed by atoms with Crippen molar-refractivity contribution in [3.05, 3.63) is 0 Å². The third kappa shape index (κ3) is 3.25. The molecule has 2 aliphatic carbocycles. The van der Waals surface area contributed by atoms with Gasteiger partial charge in [-0.05, 0) is 51.5 Å². The van der Waals surface area contributed by atoms with Crippen LogP contribution in [0.2, 0.25) is 0 Å². The lowest BCUT2D eigenvalue weighted by atomic mass is 9.91. The van der Waals surface area contributed by atoms with Crippen LogP contribution in [0.15, 0.2) is 0 Å². The topological polar surface area (TPSA) is 35.5 Å². The Morgan fingerprint density at radius 3 is 2.22 bits per heavy atom. The van der Waals surface area contributed by atoms with Crippen LogP contribution in [0.1, 0.15) is 46.5 Å². The summed E-state index contributed by atoms with van der Waals surface area (Å²) in [5.74, 6) is 1.34. The van der Waals surface area contributed by atoms with E-state index < -0.39 is 0 Å². The van der Waals surface area contributed by atoms with Crippen molar-refractivity contribution in [2.75, 3.05) is 20.2 Å². The summed E-state index contributed by atoms with van der Waals surface area (Å²) in [6.07, 6.45) is 5.14. The van der Waals surface area contributed by atoms with Crippen molar-refractivity contribution in [1.29, 1.82) is 0 Å². The molecule has 0 aliphatic heterocycles. The Morgan fingerprint density at radius 2 is 1.83 bits per heavy atom. The SMILES string of the molecule is CC(C)C(C)N(C)CC(CO)(NC1CC1)C1CC1. The third-order valence-corrected chi connectivity index (χ3v) is 4.90. The molecule has 18 heavy (non-hydrogen) atoms. The van der Waals surface area contributed by atoms with Crippen LogP contribution in [0.5, 0.6) is 0 Å². The van der Waals surface area contributed by atoms with Gasteiger partial charge in [0.2, 0.25) is 0 Å². The van der Waals surface area contributed by atoms with Gasteiger partial charge in [0, 0.05) is 18.6 Å². The molecule has 2 unspecified atom stereocenters. The first-order valence-corrected chi connectivity index (χ1v) is 7.57. The van der Waals surface area contributed by atoms with E-state index in [-0.39, 0.29) is 12.1 Å². The Labute approximate surface area is 112 Å². The Kier molecular flexibility index (Phi) is 4.35. The number of nitrogens with one attached hydrogen (secondary N) is 1. The summed E-state index contributed by atoms with van der Waals surface area (Å²) >= 11 is 0. The minimum atomic E-state index is -0.0426. The smallest absolute Gasteiger partial charge is 0.0628 e. The number of hydrogen-bond donors (Lipinski definition) is 2. The van der Waals surface area contributed by atoms with Gasteiger partial charge in [0.1, 0.15) is 0 Å². The second-order valence-corrected chi connectivity index (χ2v) is 6.91. The van der Waals surface area contributed by atoms with Crippen LogP contribution in [-0.4, -0.2) is 47.8 Å². The molecule has 3 heteroatoms. The first kappa shape index (κ1) is 14.3. The third-order valence-electron chi connectivity index (χ3n) is 4.90. The number of nitrogens with zero attached hydrogens (tertiary/aromatic N) is 1. The molecule has 0 aromatic heterocycles. The summed E-state index contributed by atoms with van der Waals surface area (Å²) in [5.41, 5.74) is -0.0426. The van der Waals surface area contributed by atoms with Crippen molar-refractivity contribution < 1.29 is 5.11 Å². The number of aliphatic hydroxyl groups is 1. The van der Waals surface area contributed by atoms with E-state index in [0.717, 1.165) is 6.54 Å². The standard InChI is InChI=1S/C15H30N2O/c1-11(2)12(3)17(4)9-15(10-18,13-5-6-13)16-14-7-8-14/h11-14,16,18H,5-10H2,1-4H3. The Balaban J connectivity index is 1.99. The molecular formula is C15H30N2O. The van der Waals surface area contributed by atoms with E-state index in [1.54, 1.807) is 0 Å². The lowest BCUT2D eigenvalue weighted by molar-refractivity contribution is 0.0756. The fraction of sp³-hybridized carbons (Fsp3) is 1.00. The van der Waals surface area contributed by atoms with Gasteiger partial charge in [-0.2, -0.15) is 0 Å². The Hall–Kier alpha value is -0.120. The van der Waals surface area contributed by atoms with Crippen molar-refractivity contribution in [3.63, 3.8) is 0 Å². The van der Waals surface area contributed by atoms with Crippen molar-refractivity contribution >= 4 is 0 Å². The number of hydrogen-bond acceptors (Lipinski definition) is 3. The molecule has 0 saturated heterocycles. The molecule has 0 spiro atoms. The van der Waals surface area contributed by atoms with Gasteiger partial charge < -0.3 is 15.3 Å². The molecule has 2 N–H and O–H groups in total. The van der Waals surface area contributed by atoms with E-state index in [2.05, 4.69) is 38.0 Å². The maximum atomic E-state index is 9.94. The summed E-state index contributed by atoms with van der Waals surface area (Å²) in [6, 6.07) is 1.23. The van der Waals surface area contributed by atoms with Crippen LogP contribution < -0.4 is 5.32 Å². The molecule has 3 nitrogen and oxygen atoms in total. The van der Waals surface area contributed by atoms with Gasteiger partial charge in [-0.15, -0.1) is 0 Å². The average Bonchev–Trinajstić information content (AvgIpc) is 3.17. The highest BCUT2D eigenvalue weighted by atomic mass is 16.3. The fourth-order valence-electron chi connectivity index (χ4n) is 2.89. The first-order valence-electron chi connectivity index (χ1n) is 7.57. The number of likely N-dealkylation sites (N-methyl/N-ethyl adjacent to an activating group) is 1. The van der Waals surface area contributed by atoms with Crippen molar-refractivity contribution in [1.82, 2.24) is 10.2 Å². The highest BCUT2D eigenvalue weighted by Crippen LogP contribution is 2.42. The first-order chi connectivity index (χ1) is 8.48. The van der Waals surface area contributed by atoms with E-state index in [9.17, 15) is 5.11 Å². The quantitative estimate of drug-likeness (QED) is 0.694. The summed E-state index contributed by atoms with van der Waals surface area (Å²) < 4.78 is 0. The fourth-order valence-corrected chi connectivity index (χ4v) is 2.89. The Morgan fingerprint density at radius 1 is 1.22 bits per heavy atom. The van der Waals surface area contributed by atoms with Gasteiger partial charge in [0.05, 0.1) is 12.1 Å². The predicted octanol–water partition coefficient (Wildman–Crippen LogP) is 1.86. The number of rotatable bonds is 8. The molecule has 106 valence electrons. The molecule has 0 aromatic carbocycles. The molecule has 0 radical (unpaired) electrons. The van der Waals surface area contributed by atoms with Gasteiger partial charge in [-0.25, -0.2) is 0 Å². The van der Waals surface area contributed by atoms with Crippen molar-refractivity contribution in [2.24, 2.45) is 11.8 Å². The molecule has 0 aromatic rings. The van der Waals surface area contributed by atoms with Gasteiger partial charge in [-0.1, -0.05) is 13.8 Å². The predicted molar refractivity (Wildman–Crippen MR) is 75.6 cm³/mol. The van der Waals surface area contributed by atoms with E-state index in [1.165, 1.54) is 25.7 Å². The van der Waals surface area contributed by atoms with Crippen LogP contribution in [0, 0.1) is 11.8 Å². The molecule has 2 rings (SSSR count). The van der Waals surface area contributed by atoms with Crippen molar-refractivity contribution in [3.8, 4) is 0 Å².